The van der Waals surface area contributed by atoms with E-state index >= 15 is 0 Å². The van der Waals surface area contributed by atoms with Crippen molar-refractivity contribution in [1.29, 1.82) is 0 Å². The van der Waals surface area contributed by atoms with Crippen molar-refractivity contribution < 1.29 is 13.2 Å². The van der Waals surface area contributed by atoms with E-state index in [1.54, 1.807) is 12.1 Å². The highest BCUT2D eigenvalue weighted by molar-refractivity contribution is 7.38. The first-order valence-corrected chi connectivity index (χ1v) is 7.61. The lowest BCUT2D eigenvalue weighted by Gasteiger charge is -2.05. The van der Waals surface area contributed by atoms with E-state index in [-0.39, 0.29) is 24.2 Å². The van der Waals surface area contributed by atoms with E-state index in [1.807, 2.05) is 39.8 Å². The number of halogens is 4. The highest BCUT2D eigenvalue weighted by atomic mass is 35.5. The zero-order valence-electron chi connectivity index (χ0n) is 11.9. The molecule has 1 heterocycles. The Kier molecular flexibility index (Phi) is 5.14. The Morgan fingerprint density at radius 3 is 2.00 bits per heavy atom. The van der Waals surface area contributed by atoms with Crippen LogP contribution < -0.4 is 0 Å². The fraction of sp³-hybridized carbons (Fsp3) is 0.467. The SMILES string of the molecule is CC(C)c1ccc2cc(C(C)C)[s+](C(F)(F)F)c2c1.Cl. The van der Waals surface area contributed by atoms with Crippen LogP contribution in [0.4, 0.5) is 13.2 Å². The third kappa shape index (κ3) is 3.12. The van der Waals surface area contributed by atoms with Crippen LogP contribution in [0.1, 0.15) is 50.0 Å². The number of hydrogen-bond acceptors (Lipinski definition) is 0. The maximum Gasteiger partial charge on any atom is 0.600 e. The fourth-order valence-corrected chi connectivity index (χ4v) is 4.31. The number of thiophene rings is 1. The standard InChI is InChI=1S/C15H18F3S.ClH/c1-9(2)11-5-6-12-8-13(10(3)4)19(14(12)7-11)15(16,17)18;/h5-10H,1-4H3;1H/q+1;. The summed E-state index contributed by atoms with van der Waals surface area (Å²) in [5.74, 6) is 0.159. The van der Waals surface area contributed by atoms with Gasteiger partial charge in [0.2, 0.25) is 0 Å². The average Bonchev–Trinajstić information content (AvgIpc) is 2.66. The van der Waals surface area contributed by atoms with Crippen LogP contribution in [0.5, 0.6) is 0 Å². The highest BCUT2D eigenvalue weighted by Crippen LogP contribution is 2.53. The van der Waals surface area contributed by atoms with Crippen molar-refractivity contribution in [3.63, 3.8) is 0 Å². The predicted molar refractivity (Wildman–Crippen MR) is 83.2 cm³/mol. The summed E-state index contributed by atoms with van der Waals surface area (Å²) in [5, 5.41) is 0.730. The van der Waals surface area contributed by atoms with Crippen LogP contribution in [-0.2, 0) is 5.51 Å². The molecule has 0 N–H and O–H groups in total. The molecule has 0 bridgehead atoms. The quantitative estimate of drug-likeness (QED) is 0.537. The van der Waals surface area contributed by atoms with Crippen molar-refractivity contribution in [1.82, 2.24) is 0 Å². The molecule has 0 nitrogen and oxygen atoms in total. The van der Waals surface area contributed by atoms with Crippen molar-refractivity contribution in [3.8, 4) is 0 Å². The molecule has 0 aliphatic heterocycles. The van der Waals surface area contributed by atoms with Gasteiger partial charge in [-0.25, -0.2) is 0 Å². The van der Waals surface area contributed by atoms with E-state index in [2.05, 4.69) is 0 Å². The van der Waals surface area contributed by atoms with Crippen LogP contribution in [0.15, 0.2) is 24.3 Å². The first-order valence-electron chi connectivity index (χ1n) is 6.38. The molecule has 2 rings (SSSR count). The van der Waals surface area contributed by atoms with Crippen molar-refractivity contribution in [2.75, 3.05) is 0 Å². The molecule has 0 amide bonds. The van der Waals surface area contributed by atoms with Gasteiger partial charge >= 0.3 is 5.51 Å². The van der Waals surface area contributed by atoms with Gasteiger partial charge in [0, 0.05) is 23.4 Å². The maximum absolute atomic E-state index is 13.4. The van der Waals surface area contributed by atoms with Crippen LogP contribution >= 0.6 is 22.9 Å². The second-order valence-electron chi connectivity index (χ2n) is 5.41. The van der Waals surface area contributed by atoms with Crippen molar-refractivity contribution >= 4 is 33.0 Å². The van der Waals surface area contributed by atoms with Crippen molar-refractivity contribution in [3.05, 3.63) is 34.7 Å². The van der Waals surface area contributed by atoms with Gasteiger partial charge in [-0.05, 0) is 17.5 Å². The lowest BCUT2D eigenvalue weighted by Crippen LogP contribution is -1.99. The summed E-state index contributed by atoms with van der Waals surface area (Å²) in [6, 6.07) is 7.22. The molecule has 1 aromatic heterocycles. The van der Waals surface area contributed by atoms with Gasteiger partial charge in [-0.2, -0.15) is 0 Å². The molecule has 0 aliphatic carbocycles. The van der Waals surface area contributed by atoms with Crippen LogP contribution in [0.25, 0.3) is 10.1 Å². The van der Waals surface area contributed by atoms with Crippen LogP contribution in [0.3, 0.4) is 0 Å². The van der Waals surface area contributed by atoms with Crippen molar-refractivity contribution in [2.24, 2.45) is 0 Å². The zero-order chi connectivity index (χ0) is 14.4. The summed E-state index contributed by atoms with van der Waals surface area (Å²) < 4.78 is 40.5. The second kappa shape index (κ2) is 5.94. The first-order chi connectivity index (χ1) is 8.71. The number of fused-ring (bicyclic) bond motifs is 1. The minimum Gasteiger partial charge on any atom is -0.147 e. The number of rotatable bonds is 2. The molecule has 1 aromatic carbocycles. The fourth-order valence-electron chi connectivity index (χ4n) is 2.21. The Labute approximate surface area is 126 Å². The summed E-state index contributed by atoms with van der Waals surface area (Å²) in [4.78, 5) is 0.503. The molecule has 1 atom stereocenters. The molecule has 0 saturated heterocycles. The Bertz CT molecular complexity index is 597. The normalized spacial score (nSPS) is 13.2. The van der Waals surface area contributed by atoms with E-state index < -0.39 is 16.0 Å². The lowest BCUT2D eigenvalue weighted by molar-refractivity contribution is -0.0868. The van der Waals surface area contributed by atoms with Gasteiger partial charge < -0.3 is 0 Å². The number of benzene rings is 1. The largest absolute Gasteiger partial charge is 0.600 e. The second-order valence-corrected chi connectivity index (χ2v) is 7.39. The average molecular weight is 324 g/mol. The molecule has 0 saturated carbocycles. The number of alkyl halides is 3. The third-order valence-corrected chi connectivity index (χ3v) is 5.58. The Morgan fingerprint density at radius 1 is 0.950 bits per heavy atom. The summed E-state index contributed by atoms with van der Waals surface area (Å²) in [6.45, 7) is 7.65. The summed E-state index contributed by atoms with van der Waals surface area (Å²) in [7, 11) is -1.75. The lowest BCUT2D eigenvalue weighted by atomic mass is 10.0. The van der Waals surface area contributed by atoms with Crippen LogP contribution in [-0.4, -0.2) is 0 Å². The van der Waals surface area contributed by atoms with E-state index in [4.69, 9.17) is 0 Å². The van der Waals surface area contributed by atoms with Crippen molar-refractivity contribution in [2.45, 2.75) is 45.0 Å². The molecule has 112 valence electrons. The molecule has 0 fully saturated rings. The van der Waals surface area contributed by atoms with Gasteiger partial charge in [-0.15, -0.1) is 25.6 Å². The topological polar surface area (TPSA) is 0 Å². The summed E-state index contributed by atoms with van der Waals surface area (Å²) in [6.07, 6.45) is 0. The predicted octanol–water partition coefficient (Wildman–Crippen LogP) is 6.73. The van der Waals surface area contributed by atoms with E-state index in [0.29, 0.717) is 9.58 Å². The third-order valence-electron chi connectivity index (χ3n) is 3.26. The van der Waals surface area contributed by atoms with E-state index in [0.717, 1.165) is 10.9 Å². The minimum absolute atomic E-state index is 0. The summed E-state index contributed by atoms with van der Waals surface area (Å²) >= 11 is 0. The first kappa shape index (κ1) is 17.3. The van der Waals surface area contributed by atoms with Gasteiger partial charge in [0.1, 0.15) is 0 Å². The molecule has 1 unspecified atom stereocenters. The molecule has 20 heavy (non-hydrogen) atoms. The monoisotopic (exact) mass is 323 g/mol. The van der Waals surface area contributed by atoms with E-state index in [1.165, 1.54) is 0 Å². The smallest absolute Gasteiger partial charge is 0.147 e. The molecule has 2 aromatic rings. The van der Waals surface area contributed by atoms with Gasteiger partial charge in [0.05, 0.1) is 10.5 Å². The molecule has 5 heteroatoms. The number of hydrogen-bond donors (Lipinski definition) is 0. The van der Waals surface area contributed by atoms with Crippen LogP contribution in [0, 0.1) is 0 Å². The maximum atomic E-state index is 13.4. The van der Waals surface area contributed by atoms with Gasteiger partial charge in [-0.1, -0.05) is 33.8 Å². The summed E-state index contributed by atoms with van der Waals surface area (Å²) in [5.41, 5.74) is -3.21. The minimum atomic E-state index is -4.18. The molecule has 0 radical (unpaired) electrons. The molecule has 0 aliphatic rings. The van der Waals surface area contributed by atoms with Crippen LogP contribution in [0.2, 0.25) is 0 Å². The van der Waals surface area contributed by atoms with Gasteiger partial charge in [0.15, 0.2) is 9.58 Å². The van der Waals surface area contributed by atoms with Gasteiger partial charge in [-0.3, -0.25) is 0 Å². The highest BCUT2D eigenvalue weighted by Gasteiger charge is 2.48. The zero-order valence-corrected chi connectivity index (χ0v) is 13.5. The molecular weight excluding hydrogens is 305 g/mol. The Balaban J connectivity index is 0.00000200. The molecular formula is C15H19ClF3S+. The Morgan fingerprint density at radius 2 is 1.55 bits per heavy atom. The Hall–Kier alpha value is -0.740. The van der Waals surface area contributed by atoms with Gasteiger partial charge in [0.25, 0.3) is 0 Å². The van der Waals surface area contributed by atoms with E-state index in [9.17, 15) is 13.2 Å². The molecule has 0 spiro atoms.